The van der Waals surface area contributed by atoms with Crippen LogP contribution in [-0.4, -0.2) is 26.6 Å². The van der Waals surface area contributed by atoms with Gasteiger partial charge in [-0.3, -0.25) is 0 Å². The summed E-state index contributed by atoms with van der Waals surface area (Å²) in [7, 11) is 0. The highest BCUT2D eigenvalue weighted by Gasteiger charge is 2.20. The van der Waals surface area contributed by atoms with Crippen LogP contribution in [-0.2, 0) is 11.3 Å². The molecule has 0 amide bonds. The van der Waals surface area contributed by atoms with Crippen molar-refractivity contribution in [3.8, 4) is 17.2 Å². The van der Waals surface area contributed by atoms with Gasteiger partial charge >= 0.3 is 0 Å². The number of benzene rings is 1. The summed E-state index contributed by atoms with van der Waals surface area (Å²) in [4.78, 5) is 0. The number of nitrogens with two attached hydrogens (primary N) is 1. The highest BCUT2D eigenvalue weighted by molar-refractivity contribution is 5.51. The van der Waals surface area contributed by atoms with Gasteiger partial charge in [0, 0.05) is 30.7 Å². The molecular weight excluding hydrogens is 234 g/mol. The fraction of sp³-hybridized carbons (Fsp3) is 0.538. The Morgan fingerprint density at radius 2 is 2.11 bits per heavy atom. The quantitative estimate of drug-likeness (QED) is 0.873. The SMILES string of the molecule is NCc1cc2c(cc1OCC1CCOC1)OCO2. The number of ether oxygens (including phenoxy) is 4. The lowest BCUT2D eigenvalue weighted by Crippen LogP contribution is -2.13. The Bertz CT molecular complexity index is 429. The Hall–Kier alpha value is -1.46. The molecule has 1 aromatic rings. The number of hydrogen-bond donors (Lipinski definition) is 1. The zero-order chi connectivity index (χ0) is 12.4. The van der Waals surface area contributed by atoms with E-state index in [9.17, 15) is 0 Å². The Morgan fingerprint density at radius 1 is 1.28 bits per heavy atom. The number of fused-ring (bicyclic) bond motifs is 1. The highest BCUT2D eigenvalue weighted by atomic mass is 16.7. The summed E-state index contributed by atoms with van der Waals surface area (Å²) in [6, 6.07) is 3.75. The first kappa shape index (κ1) is 11.6. The van der Waals surface area contributed by atoms with Crippen molar-refractivity contribution < 1.29 is 18.9 Å². The Morgan fingerprint density at radius 3 is 2.83 bits per heavy atom. The van der Waals surface area contributed by atoms with Gasteiger partial charge in [0.1, 0.15) is 5.75 Å². The molecule has 5 heteroatoms. The summed E-state index contributed by atoms with van der Waals surface area (Å²) in [5, 5.41) is 0. The molecule has 1 saturated heterocycles. The van der Waals surface area contributed by atoms with Crippen LogP contribution in [0.4, 0.5) is 0 Å². The van der Waals surface area contributed by atoms with Crippen LogP contribution >= 0.6 is 0 Å². The second-order valence-electron chi connectivity index (χ2n) is 4.56. The van der Waals surface area contributed by atoms with E-state index < -0.39 is 0 Å². The lowest BCUT2D eigenvalue weighted by molar-refractivity contribution is 0.166. The van der Waals surface area contributed by atoms with Crippen molar-refractivity contribution in [2.24, 2.45) is 11.7 Å². The topological polar surface area (TPSA) is 62.9 Å². The summed E-state index contributed by atoms with van der Waals surface area (Å²) in [6.45, 7) is 2.96. The predicted molar refractivity (Wildman–Crippen MR) is 64.9 cm³/mol. The zero-order valence-electron chi connectivity index (χ0n) is 10.2. The largest absolute Gasteiger partial charge is 0.493 e. The average molecular weight is 251 g/mol. The molecule has 2 N–H and O–H groups in total. The third kappa shape index (κ3) is 2.23. The van der Waals surface area contributed by atoms with Crippen LogP contribution in [0, 0.1) is 5.92 Å². The summed E-state index contributed by atoms with van der Waals surface area (Å²) in [5.74, 6) is 2.73. The minimum atomic E-state index is 0.263. The molecule has 0 aliphatic carbocycles. The van der Waals surface area contributed by atoms with Crippen LogP contribution in [0.5, 0.6) is 17.2 Å². The number of hydrogen-bond acceptors (Lipinski definition) is 5. The third-order valence-electron chi connectivity index (χ3n) is 3.27. The molecule has 2 aliphatic heterocycles. The molecule has 0 radical (unpaired) electrons. The molecule has 1 fully saturated rings. The van der Waals surface area contributed by atoms with Crippen molar-refractivity contribution in [1.82, 2.24) is 0 Å². The lowest BCUT2D eigenvalue weighted by atomic mass is 10.1. The van der Waals surface area contributed by atoms with E-state index in [1.807, 2.05) is 12.1 Å². The molecule has 0 spiro atoms. The Labute approximate surface area is 106 Å². The van der Waals surface area contributed by atoms with E-state index in [2.05, 4.69) is 0 Å². The van der Waals surface area contributed by atoms with E-state index in [0.717, 1.165) is 42.4 Å². The molecule has 2 aliphatic rings. The van der Waals surface area contributed by atoms with Crippen LogP contribution in [0.25, 0.3) is 0 Å². The maximum atomic E-state index is 5.84. The standard InChI is InChI=1S/C13H17NO4/c14-5-10-3-12-13(18-8-17-12)4-11(10)16-7-9-1-2-15-6-9/h3-4,9H,1-2,5-8,14H2. The van der Waals surface area contributed by atoms with Crippen molar-refractivity contribution >= 4 is 0 Å². The van der Waals surface area contributed by atoms with Crippen molar-refractivity contribution in [1.29, 1.82) is 0 Å². The second-order valence-corrected chi connectivity index (χ2v) is 4.56. The normalized spacial score (nSPS) is 21.3. The summed E-state index contributed by atoms with van der Waals surface area (Å²) in [6.07, 6.45) is 1.06. The van der Waals surface area contributed by atoms with Crippen LogP contribution in [0.2, 0.25) is 0 Å². The van der Waals surface area contributed by atoms with Crippen molar-refractivity contribution in [2.45, 2.75) is 13.0 Å². The van der Waals surface area contributed by atoms with Crippen LogP contribution in [0.15, 0.2) is 12.1 Å². The molecule has 1 unspecified atom stereocenters. The van der Waals surface area contributed by atoms with E-state index in [1.54, 1.807) is 0 Å². The zero-order valence-corrected chi connectivity index (χ0v) is 10.2. The maximum Gasteiger partial charge on any atom is 0.231 e. The van der Waals surface area contributed by atoms with E-state index in [0.29, 0.717) is 19.1 Å². The first-order valence-electron chi connectivity index (χ1n) is 6.20. The number of rotatable bonds is 4. The van der Waals surface area contributed by atoms with E-state index in [1.165, 1.54) is 0 Å². The summed E-state index contributed by atoms with van der Waals surface area (Å²) >= 11 is 0. The molecule has 1 atom stereocenters. The van der Waals surface area contributed by atoms with Gasteiger partial charge in [0.25, 0.3) is 0 Å². The first-order chi connectivity index (χ1) is 8.86. The molecular formula is C13H17NO4. The van der Waals surface area contributed by atoms with Gasteiger partial charge in [-0.25, -0.2) is 0 Å². The molecule has 1 aromatic carbocycles. The van der Waals surface area contributed by atoms with Crippen LogP contribution in [0.1, 0.15) is 12.0 Å². The minimum absolute atomic E-state index is 0.263. The molecule has 18 heavy (non-hydrogen) atoms. The Balaban J connectivity index is 1.73. The fourth-order valence-corrected chi connectivity index (χ4v) is 2.18. The molecule has 2 heterocycles. The van der Waals surface area contributed by atoms with E-state index >= 15 is 0 Å². The van der Waals surface area contributed by atoms with Gasteiger partial charge in [-0.2, -0.15) is 0 Å². The highest BCUT2D eigenvalue weighted by Crippen LogP contribution is 2.38. The van der Waals surface area contributed by atoms with Crippen molar-refractivity contribution in [3.05, 3.63) is 17.7 Å². The minimum Gasteiger partial charge on any atom is -0.493 e. The Kier molecular flexibility index (Phi) is 3.25. The van der Waals surface area contributed by atoms with Gasteiger partial charge in [-0.1, -0.05) is 0 Å². The monoisotopic (exact) mass is 251 g/mol. The lowest BCUT2D eigenvalue weighted by Gasteiger charge is -2.14. The molecule has 0 saturated carbocycles. The van der Waals surface area contributed by atoms with Crippen molar-refractivity contribution in [3.63, 3.8) is 0 Å². The van der Waals surface area contributed by atoms with Crippen molar-refractivity contribution in [2.75, 3.05) is 26.6 Å². The smallest absolute Gasteiger partial charge is 0.231 e. The van der Waals surface area contributed by atoms with Gasteiger partial charge in [-0.15, -0.1) is 0 Å². The van der Waals surface area contributed by atoms with Gasteiger partial charge in [0.2, 0.25) is 6.79 Å². The molecule has 98 valence electrons. The fourth-order valence-electron chi connectivity index (χ4n) is 2.18. The van der Waals surface area contributed by atoms with Gasteiger partial charge in [-0.05, 0) is 12.5 Å². The average Bonchev–Trinajstić information content (AvgIpc) is 3.05. The molecule has 5 nitrogen and oxygen atoms in total. The summed E-state index contributed by atoms with van der Waals surface area (Å²) < 4.78 is 21.8. The third-order valence-corrected chi connectivity index (χ3v) is 3.27. The van der Waals surface area contributed by atoms with Gasteiger partial charge < -0.3 is 24.7 Å². The van der Waals surface area contributed by atoms with E-state index in [4.69, 9.17) is 24.7 Å². The molecule has 0 bridgehead atoms. The molecule has 0 aromatic heterocycles. The molecule has 3 rings (SSSR count). The van der Waals surface area contributed by atoms with Crippen LogP contribution in [0.3, 0.4) is 0 Å². The first-order valence-corrected chi connectivity index (χ1v) is 6.20. The van der Waals surface area contributed by atoms with Crippen LogP contribution < -0.4 is 19.9 Å². The van der Waals surface area contributed by atoms with Gasteiger partial charge in [0.05, 0.1) is 13.2 Å². The summed E-state index contributed by atoms with van der Waals surface area (Å²) in [5.41, 5.74) is 6.67. The van der Waals surface area contributed by atoms with Gasteiger partial charge in [0.15, 0.2) is 11.5 Å². The predicted octanol–water partition coefficient (Wildman–Crippen LogP) is 1.29. The van der Waals surface area contributed by atoms with E-state index in [-0.39, 0.29) is 6.79 Å². The second kappa shape index (κ2) is 5.04. The maximum absolute atomic E-state index is 5.84.